The zero-order chi connectivity index (χ0) is 13.9. The van der Waals surface area contributed by atoms with E-state index in [4.69, 9.17) is 5.73 Å². The number of carbonyl (C=O) groups excluding carboxylic acids is 1. The van der Waals surface area contributed by atoms with E-state index < -0.39 is 0 Å². The van der Waals surface area contributed by atoms with Gasteiger partial charge in [-0.15, -0.1) is 12.4 Å². The van der Waals surface area contributed by atoms with Crippen LogP contribution >= 0.6 is 12.4 Å². The number of hydrogen-bond donors (Lipinski definition) is 1. The van der Waals surface area contributed by atoms with Gasteiger partial charge in [-0.25, -0.2) is 0 Å². The highest BCUT2D eigenvalue weighted by Gasteiger charge is 2.41. The van der Waals surface area contributed by atoms with Crippen molar-refractivity contribution in [1.29, 1.82) is 0 Å². The zero-order valence-corrected chi connectivity index (χ0v) is 14.0. The largest absolute Gasteiger partial charge is 0.342 e. The monoisotopic (exact) mass is 314 g/mol. The van der Waals surface area contributed by atoms with Gasteiger partial charge in [0.25, 0.3) is 0 Å². The molecule has 3 unspecified atom stereocenters. The zero-order valence-electron chi connectivity index (χ0n) is 13.1. The lowest BCUT2D eigenvalue weighted by molar-refractivity contribution is -0.135. The van der Waals surface area contributed by atoms with Crippen molar-refractivity contribution >= 4 is 18.3 Å². The molecule has 0 spiro atoms. The molecular formula is C17H31ClN2O. The maximum atomic E-state index is 12.8. The summed E-state index contributed by atoms with van der Waals surface area (Å²) in [5.41, 5.74) is 6.27. The molecule has 3 fully saturated rings. The summed E-state index contributed by atoms with van der Waals surface area (Å²) in [5, 5.41) is 0. The quantitative estimate of drug-likeness (QED) is 0.806. The molecule has 3 aliphatic rings. The van der Waals surface area contributed by atoms with E-state index >= 15 is 0 Å². The second kappa shape index (κ2) is 7.82. The molecule has 2 N–H and O–H groups in total. The molecule has 3 atom stereocenters. The molecule has 21 heavy (non-hydrogen) atoms. The van der Waals surface area contributed by atoms with Gasteiger partial charge in [-0.2, -0.15) is 0 Å². The molecule has 0 aromatic rings. The fourth-order valence-electron chi connectivity index (χ4n) is 4.66. The Bertz CT molecular complexity index is 342. The summed E-state index contributed by atoms with van der Waals surface area (Å²) in [6.45, 7) is 1.94. The van der Waals surface area contributed by atoms with Crippen molar-refractivity contribution in [2.24, 2.45) is 23.5 Å². The first-order chi connectivity index (χ1) is 9.75. The third-order valence-corrected chi connectivity index (χ3v) is 5.92. The lowest BCUT2D eigenvalue weighted by atomic mass is 9.78. The van der Waals surface area contributed by atoms with Gasteiger partial charge in [0, 0.05) is 25.0 Å². The third kappa shape index (κ3) is 3.92. The van der Waals surface area contributed by atoms with Crippen LogP contribution in [0, 0.1) is 17.8 Å². The Morgan fingerprint density at radius 3 is 2.19 bits per heavy atom. The van der Waals surface area contributed by atoms with E-state index in [1.165, 1.54) is 44.9 Å². The lowest BCUT2D eigenvalue weighted by Gasteiger charge is -2.29. The number of rotatable bonds is 1. The summed E-state index contributed by atoms with van der Waals surface area (Å²) in [6.07, 6.45) is 12.4. The normalized spacial score (nSPS) is 34.5. The highest BCUT2D eigenvalue weighted by atomic mass is 35.5. The van der Waals surface area contributed by atoms with Crippen LogP contribution in [0.3, 0.4) is 0 Å². The predicted molar refractivity (Wildman–Crippen MR) is 88.4 cm³/mol. The molecule has 0 aromatic carbocycles. The maximum absolute atomic E-state index is 12.8. The van der Waals surface area contributed by atoms with Crippen LogP contribution in [0.15, 0.2) is 0 Å². The Hall–Kier alpha value is -0.280. The summed E-state index contributed by atoms with van der Waals surface area (Å²) in [7, 11) is 0. The van der Waals surface area contributed by atoms with E-state index in [-0.39, 0.29) is 12.4 Å². The molecule has 1 amide bonds. The van der Waals surface area contributed by atoms with Crippen LogP contribution < -0.4 is 5.73 Å². The molecule has 4 heteroatoms. The second-order valence-corrected chi connectivity index (χ2v) is 7.30. The molecule has 0 bridgehead atoms. The van der Waals surface area contributed by atoms with Crippen LogP contribution in [0.4, 0.5) is 0 Å². The summed E-state index contributed by atoms with van der Waals surface area (Å²) in [4.78, 5) is 15.0. The van der Waals surface area contributed by atoms with Gasteiger partial charge in [0.1, 0.15) is 0 Å². The van der Waals surface area contributed by atoms with Crippen molar-refractivity contribution in [3.8, 4) is 0 Å². The van der Waals surface area contributed by atoms with Crippen LogP contribution in [0.2, 0.25) is 0 Å². The molecule has 1 aliphatic heterocycles. The van der Waals surface area contributed by atoms with Crippen molar-refractivity contribution in [3.05, 3.63) is 0 Å². The number of likely N-dealkylation sites (tertiary alicyclic amines) is 1. The van der Waals surface area contributed by atoms with E-state index in [0.717, 1.165) is 32.4 Å². The topological polar surface area (TPSA) is 46.3 Å². The van der Waals surface area contributed by atoms with Crippen molar-refractivity contribution in [3.63, 3.8) is 0 Å². The maximum Gasteiger partial charge on any atom is 0.225 e. The summed E-state index contributed by atoms with van der Waals surface area (Å²) < 4.78 is 0. The molecule has 2 saturated carbocycles. The first-order valence-electron chi connectivity index (χ1n) is 8.80. The highest BCUT2D eigenvalue weighted by molar-refractivity contribution is 5.85. The number of halogens is 1. The summed E-state index contributed by atoms with van der Waals surface area (Å²) in [6, 6.07) is 0.337. The fraction of sp³-hybridized carbons (Fsp3) is 0.941. The minimum Gasteiger partial charge on any atom is -0.342 e. The van der Waals surface area contributed by atoms with Crippen LogP contribution in [0.1, 0.15) is 64.2 Å². The Kier molecular flexibility index (Phi) is 6.36. The molecule has 2 aliphatic carbocycles. The average molecular weight is 315 g/mol. The third-order valence-electron chi connectivity index (χ3n) is 5.92. The molecule has 0 radical (unpaired) electrons. The fourth-order valence-corrected chi connectivity index (χ4v) is 4.66. The molecule has 122 valence electrons. The molecule has 3 rings (SSSR count). The summed E-state index contributed by atoms with van der Waals surface area (Å²) >= 11 is 0. The number of amides is 1. The average Bonchev–Trinajstić information content (AvgIpc) is 2.83. The smallest absolute Gasteiger partial charge is 0.225 e. The van der Waals surface area contributed by atoms with Gasteiger partial charge in [-0.1, -0.05) is 38.5 Å². The predicted octanol–water partition coefficient (Wildman–Crippen LogP) is 3.35. The van der Waals surface area contributed by atoms with Gasteiger partial charge in [-0.3, -0.25) is 4.79 Å². The van der Waals surface area contributed by atoms with Gasteiger partial charge in [0.2, 0.25) is 5.91 Å². The standard InChI is InChI=1S/C17H30N2O.ClH/c18-16-10-6-9-14-11-19(12-15(14)16)17(20)13-7-4-2-1-3-5-8-13;/h13-16H,1-12,18H2;1H. The van der Waals surface area contributed by atoms with Crippen molar-refractivity contribution in [2.45, 2.75) is 70.3 Å². The first-order valence-corrected chi connectivity index (χ1v) is 8.80. The Morgan fingerprint density at radius 2 is 1.52 bits per heavy atom. The van der Waals surface area contributed by atoms with Crippen LogP contribution in [0.25, 0.3) is 0 Å². The Morgan fingerprint density at radius 1 is 0.857 bits per heavy atom. The highest BCUT2D eigenvalue weighted by Crippen LogP contribution is 2.37. The van der Waals surface area contributed by atoms with Gasteiger partial charge >= 0.3 is 0 Å². The van der Waals surface area contributed by atoms with E-state index in [9.17, 15) is 4.79 Å². The van der Waals surface area contributed by atoms with Gasteiger partial charge in [0.15, 0.2) is 0 Å². The molecule has 3 nitrogen and oxygen atoms in total. The van der Waals surface area contributed by atoms with Crippen molar-refractivity contribution in [2.75, 3.05) is 13.1 Å². The Labute approximate surface area is 135 Å². The van der Waals surface area contributed by atoms with E-state index in [1.807, 2.05) is 0 Å². The van der Waals surface area contributed by atoms with Crippen LogP contribution in [0.5, 0.6) is 0 Å². The van der Waals surface area contributed by atoms with Crippen molar-refractivity contribution < 1.29 is 4.79 Å². The lowest BCUT2D eigenvalue weighted by Crippen LogP contribution is -2.39. The van der Waals surface area contributed by atoms with E-state index in [0.29, 0.717) is 29.7 Å². The van der Waals surface area contributed by atoms with E-state index in [1.54, 1.807) is 0 Å². The second-order valence-electron chi connectivity index (χ2n) is 7.30. The number of hydrogen-bond acceptors (Lipinski definition) is 2. The molecule has 1 saturated heterocycles. The molecule has 1 heterocycles. The van der Waals surface area contributed by atoms with Gasteiger partial charge in [0.05, 0.1) is 0 Å². The molecule has 0 aromatic heterocycles. The number of nitrogens with two attached hydrogens (primary N) is 1. The molecular weight excluding hydrogens is 284 g/mol. The SMILES string of the molecule is Cl.NC1CCCC2CN(C(=O)C3CCCCCCC3)CC12. The number of carbonyl (C=O) groups is 1. The van der Waals surface area contributed by atoms with Crippen LogP contribution in [-0.4, -0.2) is 29.9 Å². The minimum absolute atomic E-state index is 0. The van der Waals surface area contributed by atoms with Crippen molar-refractivity contribution in [1.82, 2.24) is 4.90 Å². The Balaban J connectivity index is 0.00000161. The summed E-state index contributed by atoms with van der Waals surface area (Å²) in [5.74, 6) is 2.04. The number of nitrogens with zero attached hydrogens (tertiary/aromatic N) is 1. The van der Waals surface area contributed by atoms with Gasteiger partial charge in [-0.05, 0) is 37.5 Å². The number of fused-ring (bicyclic) bond motifs is 1. The van der Waals surface area contributed by atoms with E-state index in [2.05, 4.69) is 4.90 Å². The first kappa shape index (κ1) is 17.1. The minimum atomic E-state index is 0. The van der Waals surface area contributed by atoms with Gasteiger partial charge < -0.3 is 10.6 Å². The van der Waals surface area contributed by atoms with Crippen LogP contribution in [-0.2, 0) is 4.79 Å².